The molecule has 4 heteroatoms. The fraction of sp³-hybridized carbons (Fsp3) is 0.312. The summed E-state index contributed by atoms with van der Waals surface area (Å²) in [7, 11) is 1.64. The van der Waals surface area contributed by atoms with Gasteiger partial charge < -0.3 is 9.84 Å². The maximum absolute atomic E-state index is 10.2. The molecule has 1 unspecified atom stereocenters. The van der Waals surface area contributed by atoms with Crippen molar-refractivity contribution in [2.75, 3.05) is 7.11 Å². The van der Waals surface area contributed by atoms with Crippen LogP contribution in [0.2, 0.25) is 0 Å². The molecule has 1 N–H and O–H groups in total. The molecule has 0 bridgehead atoms. The van der Waals surface area contributed by atoms with Crippen LogP contribution < -0.4 is 4.74 Å². The number of aliphatic hydroxyl groups excluding tert-OH is 1. The number of aryl methyl sites for hydroxylation is 1. The third kappa shape index (κ3) is 4.32. The van der Waals surface area contributed by atoms with Crippen molar-refractivity contribution in [1.82, 2.24) is 4.98 Å². The highest BCUT2D eigenvalue weighted by Gasteiger charge is 2.10. The van der Waals surface area contributed by atoms with Gasteiger partial charge in [0.05, 0.1) is 13.2 Å². The molecule has 20 heavy (non-hydrogen) atoms. The third-order valence-electron chi connectivity index (χ3n) is 3.20. The molecule has 0 radical (unpaired) electrons. The van der Waals surface area contributed by atoms with Gasteiger partial charge in [0.25, 0.3) is 0 Å². The van der Waals surface area contributed by atoms with E-state index in [0.717, 1.165) is 34.2 Å². The number of methoxy groups -OCH3 is 1. The Hall–Kier alpha value is -1.39. The number of benzene rings is 1. The van der Waals surface area contributed by atoms with Gasteiger partial charge in [-0.3, -0.25) is 4.98 Å². The van der Waals surface area contributed by atoms with E-state index in [2.05, 4.69) is 20.9 Å². The predicted octanol–water partition coefficient (Wildman–Crippen LogP) is 3.39. The zero-order valence-electron chi connectivity index (χ0n) is 11.4. The molecule has 0 saturated carbocycles. The summed E-state index contributed by atoms with van der Waals surface area (Å²) in [5.74, 6) is 0.808. The van der Waals surface area contributed by atoms with E-state index in [1.165, 1.54) is 0 Å². The van der Waals surface area contributed by atoms with E-state index < -0.39 is 0 Å². The van der Waals surface area contributed by atoms with Gasteiger partial charge in [-0.15, -0.1) is 0 Å². The number of hydrogen-bond acceptors (Lipinski definition) is 3. The Balaban J connectivity index is 1.92. The summed E-state index contributed by atoms with van der Waals surface area (Å²) in [6.07, 6.45) is 5.38. The summed E-state index contributed by atoms with van der Waals surface area (Å²) in [5.41, 5.74) is 2.21. The van der Waals surface area contributed by atoms with Gasteiger partial charge >= 0.3 is 0 Å². The van der Waals surface area contributed by atoms with Crippen molar-refractivity contribution in [1.29, 1.82) is 0 Å². The molecule has 0 saturated heterocycles. The van der Waals surface area contributed by atoms with Crippen LogP contribution in [0.4, 0.5) is 0 Å². The molecule has 0 amide bonds. The lowest BCUT2D eigenvalue weighted by Gasteiger charge is -2.13. The molecule has 1 atom stereocenters. The minimum Gasteiger partial charge on any atom is -0.497 e. The molecule has 0 aliphatic heterocycles. The highest BCUT2D eigenvalue weighted by atomic mass is 79.9. The minimum atomic E-state index is -0.376. The van der Waals surface area contributed by atoms with E-state index in [4.69, 9.17) is 4.74 Å². The lowest BCUT2D eigenvalue weighted by molar-refractivity contribution is 0.165. The second kappa shape index (κ2) is 7.41. The molecular formula is C16H18BrNO2. The smallest absolute Gasteiger partial charge is 0.119 e. The first kappa shape index (κ1) is 15.0. The summed E-state index contributed by atoms with van der Waals surface area (Å²) < 4.78 is 6.21. The molecule has 3 nitrogen and oxygen atoms in total. The number of aliphatic hydroxyl groups is 1. The molecule has 0 aliphatic carbocycles. The Kier molecular flexibility index (Phi) is 5.56. The van der Waals surface area contributed by atoms with Gasteiger partial charge in [0.1, 0.15) is 5.75 Å². The Morgan fingerprint density at radius 2 is 2.20 bits per heavy atom. The van der Waals surface area contributed by atoms with Gasteiger partial charge in [-0.2, -0.15) is 0 Å². The van der Waals surface area contributed by atoms with Crippen LogP contribution in [0.1, 0.15) is 17.5 Å². The molecule has 1 heterocycles. The van der Waals surface area contributed by atoms with E-state index in [0.29, 0.717) is 6.42 Å². The van der Waals surface area contributed by atoms with Gasteiger partial charge in [0.15, 0.2) is 0 Å². The second-order valence-electron chi connectivity index (χ2n) is 4.72. The van der Waals surface area contributed by atoms with E-state index in [1.807, 2.05) is 36.5 Å². The van der Waals surface area contributed by atoms with Crippen molar-refractivity contribution in [3.8, 4) is 5.75 Å². The highest BCUT2D eigenvalue weighted by Crippen LogP contribution is 2.24. The second-order valence-corrected chi connectivity index (χ2v) is 5.57. The molecule has 1 aromatic heterocycles. The number of ether oxygens (including phenoxy) is 1. The van der Waals surface area contributed by atoms with Crippen LogP contribution in [0.25, 0.3) is 0 Å². The van der Waals surface area contributed by atoms with Crippen molar-refractivity contribution < 1.29 is 9.84 Å². The normalized spacial score (nSPS) is 12.2. The van der Waals surface area contributed by atoms with E-state index in [-0.39, 0.29) is 6.10 Å². The highest BCUT2D eigenvalue weighted by molar-refractivity contribution is 9.10. The van der Waals surface area contributed by atoms with Crippen molar-refractivity contribution in [2.45, 2.75) is 25.4 Å². The molecule has 0 fully saturated rings. The maximum atomic E-state index is 10.2. The first-order chi connectivity index (χ1) is 9.69. The van der Waals surface area contributed by atoms with Gasteiger partial charge in [0, 0.05) is 16.9 Å². The molecule has 0 aliphatic rings. The first-order valence-electron chi connectivity index (χ1n) is 6.58. The topological polar surface area (TPSA) is 42.4 Å². The largest absolute Gasteiger partial charge is 0.497 e. The number of nitrogens with zero attached hydrogens (tertiary/aromatic N) is 1. The average molecular weight is 336 g/mol. The Labute approximate surface area is 127 Å². The van der Waals surface area contributed by atoms with Crippen LogP contribution in [-0.2, 0) is 12.8 Å². The van der Waals surface area contributed by atoms with Crippen molar-refractivity contribution in [3.63, 3.8) is 0 Å². The maximum Gasteiger partial charge on any atom is 0.119 e. The predicted molar refractivity (Wildman–Crippen MR) is 83.0 cm³/mol. The van der Waals surface area contributed by atoms with E-state index >= 15 is 0 Å². The lowest BCUT2D eigenvalue weighted by atomic mass is 10.0. The molecule has 1 aromatic carbocycles. The standard InChI is InChI=1S/C16H18BrNO2/c1-20-15-6-7-16(17)13(10-15)9-14(19)5-4-12-3-2-8-18-11-12/h2-3,6-8,10-11,14,19H,4-5,9H2,1H3. The minimum absolute atomic E-state index is 0.376. The van der Waals surface area contributed by atoms with E-state index in [1.54, 1.807) is 13.3 Å². The fourth-order valence-electron chi connectivity index (χ4n) is 2.07. The average Bonchev–Trinajstić information content (AvgIpc) is 2.48. The van der Waals surface area contributed by atoms with Gasteiger partial charge in [0.2, 0.25) is 0 Å². The summed E-state index contributed by atoms with van der Waals surface area (Å²) in [6, 6.07) is 9.75. The van der Waals surface area contributed by atoms with Crippen LogP contribution >= 0.6 is 15.9 Å². The van der Waals surface area contributed by atoms with Gasteiger partial charge in [-0.05, 0) is 54.7 Å². The van der Waals surface area contributed by atoms with Crippen LogP contribution in [0.5, 0.6) is 5.75 Å². The summed E-state index contributed by atoms with van der Waals surface area (Å²) >= 11 is 3.51. The number of pyridine rings is 1. The monoisotopic (exact) mass is 335 g/mol. The zero-order chi connectivity index (χ0) is 14.4. The number of aromatic nitrogens is 1. The van der Waals surface area contributed by atoms with Gasteiger partial charge in [-0.1, -0.05) is 22.0 Å². The number of hydrogen-bond donors (Lipinski definition) is 1. The van der Waals surface area contributed by atoms with Crippen molar-refractivity contribution in [2.24, 2.45) is 0 Å². The number of halogens is 1. The lowest BCUT2D eigenvalue weighted by Crippen LogP contribution is -2.12. The summed E-state index contributed by atoms with van der Waals surface area (Å²) in [5, 5.41) is 10.2. The third-order valence-corrected chi connectivity index (χ3v) is 3.97. The number of rotatable bonds is 6. The van der Waals surface area contributed by atoms with Gasteiger partial charge in [-0.25, -0.2) is 0 Å². The molecule has 2 rings (SSSR count). The Morgan fingerprint density at radius 1 is 1.35 bits per heavy atom. The Bertz CT molecular complexity index is 545. The van der Waals surface area contributed by atoms with Crippen LogP contribution in [0, 0.1) is 0 Å². The quantitative estimate of drug-likeness (QED) is 0.879. The van der Waals surface area contributed by atoms with Crippen LogP contribution in [0.3, 0.4) is 0 Å². The summed E-state index contributed by atoms with van der Waals surface area (Å²) in [4.78, 5) is 4.08. The van der Waals surface area contributed by atoms with E-state index in [9.17, 15) is 5.11 Å². The van der Waals surface area contributed by atoms with Crippen molar-refractivity contribution >= 4 is 15.9 Å². The SMILES string of the molecule is COc1ccc(Br)c(CC(O)CCc2cccnc2)c1. The molecule has 2 aromatic rings. The molecule has 106 valence electrons. The van der Waals surface area contributed by atoms with Crippen LogP contribution in [0.15, 0.2) is 47.2 Å². The summed E-state index contributed by atoms with van der Waals surface area (Å²) in [6.45, 7) is 0. The fourth-order valence-corrected chi connectivity index (χ4v) is 2.48. The van der Waals surface area contributed by atoms with Crippen LogP contribution in [-0.4, -0.2) is 23.3 Å². The first-order valence-corrected chi connectivity index (χ1v) is 7.37. The Morgan fingerprint density at radius 3 is 2.90 bits per heavy atom. The molecule has 0 spiro atoms. The molecular weight excluding hydrogens is 318 g/mol. The zero-order valence-corrected chi connectivity index (χ0v) is 13.0. The van der Waals surface area contributed by atoms with Crippen molar-refractivity contribution in [3.05, 3.63) is 58.3 Å².